The molecule has 1 unspecified atom stereocenters. The average molecular weight is 423 g/mol. The van der Waals surface area contributed by atoms with Gasteiger partial charge in [0.15, 0.2) is 0 Å². The van der Waals surface area contributed by atoms with E-state index in [2.05, 4.69) is 15.3 Å². The Morgan fingerprint density at radius 2 is 2.00 bits per heavy atom. The molecule has 1 aromatic carbocycles. The first-order valence-corrected chi connectivity index (χ1v) is 10.5. The maximum atomic E-state index is 11.6. The molecular formula is C22H21N3O4S. The van der Waals surface area contributed by atoms with E-state index in [0.29, 0.717) is 18.2 Å². The number of nitrogens with one attached hydrogen (secondary N) is 1. The number of carbonyl (C=O) groups is 2. The Bertz CT molecular complexity index is 1030. The number of nitrogens with zero attached hydrogens (tertiary/aromatic N) is 2. The number of pyridine rings is 1. The maximum absolute atomic E-state index is 11.6. The molecular weight excluding hydrogens is 402 g/mol. The second kappa shape index (κ2) is 9.13. The normalized spacial score (nSPS) is 16.0. The number of ether oxygens (including phenoxy) is 1. The number of thioether (sulfide) groups is 1. The van der Waals surface area contributed by atoms with Gasteiger partial charge in [-0.25, -0.2) is 9.97 Å². The highest BCUT2D eigenvalue weighted by Gasteiger charge is 2.30. The lowest BCUT2D eigenvalue weighted by Gasteiger charge is -2.08. The summed E-state index contributed by atoms with van der Waals surface area (Å²) in [7, 11) is 0. The van der Waals surface area contributed by atoms with Gasteiger partial charge in [-0.2, -0.15) is 0 Å². The molecule has 1 atom stereocenters. The standard InChI is InChI=1S/C22H21N3O4S/c1-14-18(24-20(29-14)16-7-3-2-4-8-16)13-28-19-11-10-15(12-23-19)6-5-9-17-21(26)30-22(27)25-17/h2-4,7-8,10-12,17H,5-6,9,13H2,1H3,(H,25,27). The Labute approximate surface area is 178 Å². The summed E-state index contributed by atoms with van der Waals surface area (Å²) in [6.07, 6.45) is 3.97. The predicted octanol–water partition coefficient (Wildman–Crippen LogP) is 4.30. The fraction of sp³-hybridized carbons (Fsp3) is 0.273. The topological polar surface area (TPSA) is 94.3 Å². The van der Waals surface area contributed by atoms with Crippen LogP contribution in [0, 0.1) is 6.92 Å². The molecule has 1 fully saturated rings. The smallest absolute Gasteiger partial charge is 0.287 e. The predicted molar refractivity (Wildman–Crippen MR) is 113 cm³/mol. The number of aromatic nitrogens is 2. The van der Waals surface area contributed by atoms with Crippen LogP contribution in [0.4, 0.5) is 4.79 Å². The SMILES string of the molecule is Cc1oc(-c2ccccc2)nc1COc1ccc(CCCC2NC(=O)SC2=O)cn1. The van der Waals surface area contributed by atoms with E-state index >= 15 is 0 Å². The molecule has 0 saturated carbocycles. The van der Waals surface area contributed by atoms with Gasteiger partial charge in [0.25, 0.3) is 5.24 Å². The average Bonchev–Trinajstić information content (AvgIpc) is 3.29. The van der Waals surface area contributed by atoms with Gasteiger partial charge in [-0.3, -0.25) is 9.59 Å². The van der Waals surface area contributed by atoms with E-state index in [9.17, 15) is 9.59 Å². The Hall–Kier alpha value is -3.13. The van der Waals surface area contributed by atoms with Gasteiger partial charge in [-0.15, -0.1) is 0 Å². The largest absolute Gasteiger partial charge is 0.471 e. The van der Waals surface area contributed by atoms with Crippen LogP contribution in [0.1, 0.15) is 29.9 Å². The van der Waals surface area contributed by atoms with E-state index in [1.165, 1.54) is 0 Å². The third-order valence-corrected chi connectivity index (χ3v) is 5.58. The summed E-state index contributed by atoms with van der Waals surface area (Å²) in [4.78, 5) is 31.7. The molecule has 8 heteroatoms. The Balaban J connectivity index is 1.27. The zero-order chi connectivity index (χ0) is 20.9. The third kappa shape index (κ3) is 4.88. The highest BCUT2D eigenvalue weighted by Crippen LogP contribution is 2.23. The van der Waals surface area contributed by atoms with Gasteiger partial charge >= 0.3 is 0 Å². The van der Waals surface area contributed by atoms with Gasteiger partial charge in [0.05, 0.1) is 6.04 Å². The van der Waals surface area contributed by atoms with Crippen molar-refractivity contribution in [3.63, 3.8) is 0 Å². The first kappa shape index (κ1) is 20.2. The molecule has 0 spiro atoms. The second-order valence-electron chi connectivity index (χ2n) is 6.98. The quantitative estimate of drug-likeness (QED) is 0.577. The fourth-order valence-corrected chi connectivity index (χ4v) is 3.85. The molecule has 0 bridgehead atoms. The number of hydrogen-bond donors (Lipinski definition) is 1. The minimum atomic E-state index is -0.371. The second-order valence-corrected chi connectivity index (χ2v) is 7.96. The van der Waals surface area contributed by atoms with Gasteiger partial charge in [-0.05, 0) is 43.9 Å². The van der Waals surface area contributed by atoms with Crippen LogP contribution in [0.15, 0.2) is 53.1 Å². The zero-order valence-corrected chi connectivity index (χ0v) is 17.3. The van der Waals surface area contributed by atoms with Crippen LogP contribution in [0.5, 0.6) is 5.88 Å². The van der Waals surface area contributed by atoms with Crippen molar-refractivity contribution in [3.8, 4) is 17.3 Å². The highest BCUT2D eigenvalue weighted by molar-refractivity contribution is 8.26. The summed E-state index contributed by atoms with van der Waals surface area (Å²) in [6.45, 7) is 2.14. The van der Waals surface area contributed by atoms with Crippen LogP contribution >= 0.6 is 11.8 Å². The molecule has 4 rings (SSSR count). The van der Waals surface area contributed by atoms with E-state index in [4.69, 9.17) is 9.15 Å². The highest BCUT2D eigenvalue weighted by atomic mass is 32.2. The van der Waals surface area contributed by atoms with Crippen molar-refractivity contribution in [1.29, 1.82) is 0 Å². The number of oxazole rings is 1. The number of benzene rings is 1. The maximum Gasteiger partial charge on any atom is 0.287 e. The van der Waals surface area contributed by atoms with Crippen molar-refractivity contribution in [2.24, 2.45) is 0 Å². The molecule has 3 heterocycles. The Kier molecular flexibility index (Phi) is 6.13. The summed E-state index contributed by atoms with van der Waals surface area (Å²) in [6, 6.07) is 13.1. The van der Waals surface area contributed by atoms with Crippen LogP contribution in [0.25, 0.3) is 11.5 Å². The number of carbonyl (C=O) groups excluding carboxylic acids is 2. The van der Waals surface area contributed by atoms with E-state index < -0.39 is 0 Å². The molecule has 1 N–H and O–H groups in total. The molecule has 154 valence electrons. The lowest BCUT2D eigenvalue weighted by Crippen LogP contribution is -2.28. The molecule has 1 amide bonds. The molecule has 0 aliphatic carbocycles. The molecule has 2 aromatic heterocycles. The van der Waals surface area contributed by atoms with Crippen molar-refractivity contribution < 1.29 is 18.7 Å². The monoisotopic (exact) mass is 423 g/mol. The minimum Gasteiger partial charge on any atom is -0.471 e. The molecule has 0 radical (unpaired) electrons. The van der Waals surface area contributed by atoms with Crippen molar-refractivity contribution >= 4 is 22.1 Å². The first-order valence-electron chi connectivity index (χ1n) is 9.70. The van der Waals surface area contributed by atoms with Crippen LogP contribution in [0.3, 0.4) is 0 Å². The lowest BCUT2D eigenvalue weighted by atomic mass is 10.1. The van der Waals surface area contributed by atoms with E-state index in [-0.39, 0.29) is 23.0 Å². The molecule has 30 heavy (non-hydrogen) atoms. The molecule has 7 nitrogen and oxygen atoms in total. The van der Waals surface area contributed by atoms with Gasteiger partial charge in [0.1, 0.15) is 18.1 Å². The Morgan fingerprint density at radius 3 is 2.70 bits per heavy atom. The van der Waals surface area contributed by atoms with Crippen molar-refractivity contribution in [2.75, 3.05) is 0 Å². The number of aryl methyl sites for hydroxylation is 2. The van der Waals surface area contributed by atoms with E-state index in [1.54, 1.807) is 6.20 Å². The molecule has 1 saturated heterocycles. The van der Waals surface area contributed by atoms with Gasteiger partial charge in [0.2, 0.25) is 16.9 Å². The summed E-state index contributed by atoms with van der Waals surface area (Å²) < 4.78 is 11.5. The van der Waals surface area contributed by atoms with Gasteiger partial charge in [-0.1, -0.05) is 24.3 Å². The summed E-state index contributed by atoms with van der Waals surface area (Å²) in [5.41, 5.74) is 2.71. The van der Waals surface area contributed by atoms with Crippen molar-refractivity contribution in [2.45, 2.75) is 38.8 Å². The number of rotatable bonds is 8. The van der Waals surface area contributed by atoms with Crippen molar-refractivity contribution in [3.05, 3.63) is 65.7 Å². The van der Waals surface area contributed by atoms with Gasteiger partial charge in [0, 0.05) is 29.6 Å². The van der Waals surface area contributed by atoms with Crippen molar-refractivity contribution in [1.82, 2.24) is 15.3 Å². The Morgan fingerprint density at radius 1 is 1.17 bits per heavy atom. The lowest BCUT2D eigenvalue weighted by molar-refractivity contribution is -0.112. The molecule has 3 aromatic rings. The summed E-state index contributed by atoms with van der Waals surface area (Å²) >= 11 is 0.752. The number of hydrogen-bond acceptors (Lipinski definition) is 7. The van der Waals surface area contributed by atoms with Gasteiger partial charge < -0.3 is 14.5 Å². The summed E-state index contributed by atoms with van der Waals surface area (Å²) in [5.74, 6) is 1.81. The zero-order valence-electron chi connectivity index (χ0n) is 16.5. The fourth-order valence-electron chi connectivity index (χ4n) is 3.15. The molecule has 1 aliphatic heterocycles. The van der Waals surface area contributed by atoms with Crippen LogP contribution < -0.4 is 10.1 Å². The minimum absolute atomic E-state index is 0.0968. The van der Waals surface area contributed by atoms with E-state index in [0.717, 1.165) is 47.2 Å². The van der Waals surface area contributed by atoms with E-state index in [1.807, 2.05) is 49.4 Å². The summed E-state index contributed by atoms with van der Waals surface area (Å²) in [5, 5.41) is 2.32. The van der Waals surface area contributed by atoms with Crippen LogP contribution in [-0.4, -0.2) is 26.4 Å². The third-order valence-electron chi connectivity index (χ3n) is 4.80. The first-order chi connectivity index (χ1) is 14.6. The molecule has 1 aliphatic rings. The van der Waals surface area contributed by atoms with Crippen LogP contribution in [-0.2, 0) is 17.8 Å². The van der Waals surface area contributed by atoms with Crippen LogP contribution in [0.2, 0.25) is 0 Å². The number of amides is 1.